The first kappa shape index (κ1) is 21.5. The molecular formula is C21H20BrFN4O3. The highest BCUT2D eigenvalue weighted by molar-refractivity contribution is 9.10. The number of nitrogens with one attached hydrogen (secondary N) is 1. The van der Waals surface area contributed by atoms with Crippen molar-refractivity contribution in [2.75, 3.05) is 11.1 Å². The molecule has 0 saturated carbocycles. The second kappa shape index (κ2) is 8.66. The number of anilines is 2. The van der Waals surface area contributed by atoms with Crippen molar-refractivity contribution in [2.24, 2.45) is 0 Å². The minimum absolute atomic E-state index is 0.0150. The Morgan fingerprint density at radius 2 is 2.07 bits per heavy atom. The van der Waals surface area contributed by atoms with E-state index in [1.165, 1.54) is 24.6 Å². The third-order valence-corrected chi connectivity index (χ3v) is 4.29. The molecule has 0 aliphatic heterocycles. The molecule has 0 aliphatic carbocycles. The number of nitrogens with zero attached hydrogens (tertiary/aromatic N) is 2. The predicted molar refractivity (Wildman–Crippen MR) is 116 cm³/mol. The number of halogens is 2. The van der Waals surface area contributed by atoms with Crippen LogP contribution in [0.25, 0.3) is 17.3 Å². The molecule has 0 unspecified atom stereocenters. The average Bonchev–Trinajstić information content (AvgIpc) is 3.16. The molecule has 0 atom stereocenters. The normalized spacial score (nSPS) is 12.0. The van der Waals surface area contributed by atoms with E-state index in [9.17, 15) is 9.18 Å². The second-order valence-corrected chi connectivity index (χ2v) is 8.05. The molecule has 2 heterocycles. The predicted octanol–water partition coefficient (Wildman–Crippen LogP) is 5.02. The Bertz CT molecular complexity index is 1090. The number of nitrogen functional groups attached to an aromatic ring is 1. The van der Waals surface area contributed by atoms with Crippen LogP contribution in [0.3, 0.4) is 0 Å². The Kier molecular flexibility index (Phi) is 6.21. The van der Waals surface area contributed by atoms with Gasteiger partial charge in [-0.1, -0.05) is 6.07 Å². The molecule has 0 fully saturated rings. The van der Waals surface area contributed by atoms with Crippen LogP contribution in [-0.4, -0.2) is 21.5 Å². The second-order valence-electron chi connectivity index (χ2n) is 7.30. The average molecular weight is 475 g/mol. The number of hydrogen-bond donors (Lipinski definition) is 2. The van der Waals surface area contributed by atoms with Crippen molar-refractivity contribution in [1.82, 2.24) is 9.97 Å². The molecule has 1 aromatic carbocycles. The van der Waals surface area contributed by atoms with Gasteiger partial charge in [0.15, 0.2) is 11.6 Å². The Hall–Kier alpha value is -3.20. The number of furan rings is 1. The highest BCUT2D eigenvalue weighted by Crippen LogP contribution is 2.28. The molecule has 3 N–H and O–H groups in total. The Morgan fingerprint density at radius 3 is 2.70 bits per heavy atom. The number of carbonyl (C=O) groups excluding carboxylic acids is 1. The first-order valence-corrected chi connectivity index (χ1v) is 9.76. The summed E-state index contributed by atoms with van der Waals surface area (Å²) in [6.07, 6.45) is 4.36. The lowest BCUT2D eigenvalue weighted by molar-refractivity contribution is -0.149. The molecule has 9 heteroatoms. The fraction of sp³-hybridized carbons (Fsp3) is 0.190. The van der Waals surface area contributed by atoms with Crippen molar-refractivity contribution >= 4 is 39.5 Å². The summed E-state index contributed by atoms with van der Waals surface area (Å²) in [5, 5.41) is 2.90. The van der Waals surface area contributed by atoms with Gasteiger partial charge in [0.05, 0.1) is 23.8 Å². The van der Waals surface area contributed by atoms with E-state index in [4.69, 9.17) is 14.9 Å². The quantitative estimate of drug-likeness (QED) is 0.304. The maximum atomic E-state index is 14.3. The van der Waals surface area contributed by atoms with Crippen LogP contribution < -0.4 is 11.1 Å². The van der Waals surface area contributed by atoms with Gasteiger partial charge in [-0.05, 0) is 61.0 Å². The van der Waals surface area contributed by atoms with Crippen LogP contribution in [0.1, 0.15) is 26.5 Å². The van der Waals surface area contributed by atoms with Gasteiger partial charge in [-0.3, -0.25) is 0 Å². The molecule has 30 heavy (non-hydrogen) atoms. The zero-order chi connectivity index (χ0) is 21.9. The van der Waals surface area contributed by atoms with Crippen molar-refractivity contribution in [3.63, 3.8) is 0 Å². The van der Waals surface area contributed by atoms with Gasteiger partial charge in [0.1, 0.15) is 21.7 Å². The molecule has 2 aromatic heterocycles. The van der Waals surface area contributed by atoms with Crippen molar-refractivity contribution in [2.45, 2.75) is 26.4 Å². The van der Waals surface area contributed by atoms with Crippen molar-refractivity contribution < 1.29 is 18.3 Å². The number of carbonyl (C=O) groups is 1. The minimum Gasteiger partial charge on any atom is -0.465 e. The molecule has 0 radical (unpaired) electrons. The fourth-order valence-corrected chi connectivity index (χ4v) is 2.84. The SMILES string of the molecule is CC(C)(C)OC(=O)/C(=C/c1ccco1)Nc1ncc(-c2cccc(N)c2F)nc1Br. The van der Waals surface area contributed by atoms with E-state index in [2.05, 4.69) is 31.2 Å². The lowest BCUT2D eigenvalue weighted by Crippen LogP contribution is -2.27. The van der Waals surface area contributed by atoms with Gasteiger partial charge in [-0.15, -0.1) is 0 Å². The smallest absolute Gasteiger partial charge is 0.355 e. The number of hydrogen-bond acceptors (Lipinski definition) is 7. The largest absolute Gasteiger partial charge is 0.465 e. The van der Waals surface area contributed by atoms with Crippen molar-refractivity contribution in [1.29, 1.82) is 0 Å². The molecule has 0 saturated heterocycles. The van der Waals surface area contributed by atoms with Crippen LogP contribution >= 0.6 is 15.9 Å². The van der Waals surface area contributed by atoms with Crippen LogP contribution in [0.2, 0.25) is 0 Å². The molecular weight excluding hydrogens is 455 g/mol. The van der Waals surface area contributed by atoms with Gasteiger partial charge < -0.3 is 20.2 Å². The van der Waals surface area contributed by atoms with E-state index in [0.29, 0.717) is 5.76 Å². The summed E-state index contributed by atoms with van der Waals surface area (Å²) in [6.45, 7) is 5.29. The van der Waals surface area contributed by atoms with Gasteiger partial charge in [-0.2, -0.15) is 0 Å². The number of aromatic nitrogens is 2. The highest BCUT2D eigenvalue weighted by Gasteiger charge is 2.22. The zero-order valence-electron chi connectivity index (χ0n) is 16.6. The number of ether oxygens (including phenoxy) is 1. The van der Waals surface area contributed by atoms with Crippen LogP contribution in [0.5, 0.6) is 0 Å². The maximum absolute atomic E-state index is 14.3. The van der Waals surface area contributed by atoms with Gasteiger partial charge >= 0.3 is 5.97 Å². The number of rotatable bonds is 5. The lowest BCUT2D eigenvalue weighted by atomic mass is 10.1. The van der Waals surface area contributed by atoms with Gasteiger partial charge in [0, 0.05) is 11.6 Å². The molecule has 0 bridgehead atoms. The summed E-state index contributed by atoms with van der Waals surface area (Å²) >= 11 is 3.31. The molecule has 156 valence electrons. The fourth-order valence-electron chi connectivity index (χ4n) is 2.45. The van der Waals surface area contributed by atoms with Crippen LogP contribution in [0, 0.1) is 5.82 Å². The molecule has 3 aromatic rings. The first-order chi connectivity index (χ1) is 14.1. The molecule has 7 nitrogen and oxygen atoms in total. The van der Waals surface area contributed by atoms with Crippen molar-refractivity contribution in [3.05, 3.63) is 64.7 Å². The van der Waals surface area contributed by atoms with Crippen LogP contribution in [0.4, 0.5) is 15.9 Å². The summed E-state index contributed by atoms with van der Waals surface area (Å²) in [5.41, 5.74) is 5.54. The molecule has 3 rings (SSSR count). The topological polar surface area (TPSA) is 103 Å². The summed E-state index contributed by atoms with van der Waals surface area (Å²) in [6, 6.07) is 8.03. The third-order valence-electron chi connectivity index (χ3n) is 3.74. The van der Waals surface area contributed by atoms with E-state index in [1.54, 1.807) is 45.0 Å². The van der Waals surface area contributed by atoms with Gasteiger partial charge in [-0.25, -0.2) is 19.2 Å². The molecule has 0 aliphatic rings. The van der Waals surface area contributed by atoms with Crippen LogP contribution in [0.15, 0.2) is 57.5 Å². The van der Waals surface area contributed by atoms with E-state index in [0.717, 1.165) is 0 Å². The summed E-state index contributed by atoms with van der Waals surface area (Å²) in [7, 11) is 0. The molecule has 0 spiro atoms. The summed E-state index contributed by atoms with van der Waals surface area (Å²) in [4.78, 5) is 21.2. The summed E-state index contributed by atoms with van der Waals surface area (Å²) < 4.78 is 25.3. The highest BCUT2D eigenvalue weighted by atomic mass is 79.9. The summed E-state index contributed by atoms with van der Waals surface area (Å²) in [5.74, 6) is -0.484. The maximum Gasteiger partial charge on any atom is 0.355 e. The van der Waals surface area contributed by atoms with Crippen molar-refractivity contribution in [3.8, 4) is 11.3 Å². The number of nitrogens with two attached hydrogens (primary N) is 1. The molecule has 0 amide bonds. The van der Waals surface area contributed by atoms with E-state index in [-0.39, 0.29) is 33.1 Å². The lowest BCUT2D eigenvalue weighted by Gasteiger charge is -2.21. The minimum atomic E-state index is -0.696. The van der Waals surface area contributed by atoms with E-state index >= 15 is 0 Å². The Labute approximate surface area is 181 Å². The Balaban J connectivity index is 1.93. The van der Waals surface area contributed by atoms with E-state index in [1.807, 2.05) is 0 Å². The Morgan fingerprint density at radius 1 is 1.30 bits per heavy atom. The zero-order valence-corrected chi connectivity index (χ0v) is 18.2. The van der Waals surface area contributed by atoms with Crippen LogP contribution in [-0.2, 0) is 9.53 Å². The van der Waals surface area contributed by atoms with Gasteiger partial charge in [0.2, 0.25) is 0 Å². The first-order valence-electron chi connectivity index (χ1n) is 8.96. The number of esters is 1. The van der Waals surface area contributed by atoms with Gasteiger partial charge in [0.25, 0.3) is 0 Å². The monoisotopic (exact) mass is 474 g/mol. The number of benzene rings is 1. The van der Waals surface area contributed by atoms with E-state index < -0.39 is 17.4 Å². The third kappa shape index (κ3) is 5.24. The standard InChI is InChI=1S/C21H20BrFN4O3/c1-21(2,3)30-20(28)15(10-12-6-5-9-29-12)27-19-18(22)26-16(11-25-19)13-7-4-8-14(24)17(13)23/h4-11H,24H2,1-3H3,(H,25,27)/b15-10-.